The number of halogens is 1. The number of nitrogens with two attached hydrogens (primary N) is 2. The van der Waals surface area contributed by atoms with E-state index < -0.39 is 5.91 Å². The van der Waals surface area contributed by atoms with Crippen LogP contribution in [0.15, 0.2) is 24.3 Å². The third-order valence-electron chi connectivity index (χ3n) is 4.53. The number of esters is 1. The number of para-hydroxylation sites is 2. The Hall–Kier alpha value is -3.40. The van der Waals surface area contributed by atoms with Crippen LogP contribution in [-0.4, -0.2) is 33.5 Å². The topological polar surface area (TPSA) is 142 Å². The summed E-state index contributed by atoms with van der Waals surface area (Å²) < 4.78 is 8.64. The van der Waals surface area contributed by atoms with Gasteiger partial charge in [0, 0.05) is 0 Å². The maximum absolute atomic E-state index is 12.6. The van der Waals surface area contributed by atoms with Crippen LogP contribution < -0.4 is 21.4 Å². The lowest BCUT2D eigenvalue weighted by atomic mass is 10.3. The summed E-state index contributed by atoms with van der Waals surface area (Å²) >= 11 is 5.85. The molecule has 29 heavy (non-hydrogen) atoms. The number of nitrogen functional groups attached to an aromatic ring is 2. The Labute approximate surface area is 171 Å². The first kappa shape index (κ1) is 20.3. The van der Waals surface area contributed by atoms with Crippen LogP contribution >= 0.6 is 11.6 Å². The number of ether oxygens (including phenoxy) is 1. The fourth-order valence-electron chi connectivity index (χ4n) is 3.06. The van der Waals surface area contributed by atoms with Crippen molar-refractivity contribution in [3.63, 3.8) is 0 Å². The summed E-state index contributed by atoms with van der Waals surface area (Å²) in [6.45, 7) is 0.559. The molecule has 1 aromatic carbocycles. The average Bonchev–Trinajstić information content (AvgIpc) is 2.98. The summed E-state index contributed by atoms with van der Waals surface area (Å²) in [7, 11) is 3.23. The van der Waals surface area contributed by atoms with Gasteiger partial charge >= 0.3 is 5.97 Å². The highest BCUT2D eigenvalue weighted by atomic mass is 35.5. The van der Waals surface area contributed by atoms with E-state index in [0.29, 0.717) is 6.54 Å². The van der Waals surface area contributed by atoms with E-state index in [0.717, 1.165) is 16.9 Å². The minimum absolute atomic E-state index is 0.0462. The van der Waals surface area contributed by atoms with E-state index in [4.69, 9.17) is 27.8 Å². The number of hydrogen-bond donors (Lipinski definition) is 3. The van der Waals surface area contributed by atoms with Crippen LogP contribution in [0.5, 0.6) is 0 Å². The van der Waals surface area contributed by atoms with Crippen molar-refractivity contribution in [2.75, 3.05) is 18.6 Å². The van der Waals surface area contributed by atoms with Gasteiger partial charge in [0.25, 0.3) is 11.7 Å². The molecule has 152 valence electrons. The fraction of sp³-hybridized carbons (Fsp3) is 0.278. The van der Waals surface area contributed by atoms with Gasteiger partial charge in [-0.3, -0.25) is 9.59 Å². The summed E-state index contributed by atoms with van der Waals surface area (Å²) in [5, 5.41) is 2.67. The number of anilines is 2. The van der Waals surface area contributed by atoms with Crippen LogP contribution in [0.25, 0.3) is 11.0 Å². The van der Waals surface area contributed by atoms with Gasteiger partial charge in [-0.05, 0) is 12.1 Å². The molecule has 3 aromatic rings. The van der Waals surface area contributed by atoms with Crippen molar-refractivity contribution in [1.82, 2.24) is 19.9 Å². The van der Waals surface area contributed by atoms with Gasteiger partial charge in [-0.25, -0.2) is 19.1 Å². The number of nitrogens with zero attached hydrogens (tertiary/aromatic N) is 4. The average molecular weight is 419 g/mol. The lowest BCUT2D eigenvalue weighted by Gasteiger charge is -2.08. The Morgan fingerprint density at radius 3 is 2.69 bits per heavy atom. The van der Waals surface area contributed by atoms with E-state index in [-0.39, 0.29) is 41.4 Å². The minimum atomic E-state index is -0.540. The van der Waals surface area contributed by atoms with E-state index in [9.17, 15) is 9.59 Å². The third-order valence-corrected chi connectivity index (χ3v) is 4.80. The van der Waals surface area contributed by atoms with Crippen LogP contribution in [0.2, 0.25) is 5.15 Å². The van der Waals surface area contributed by atoms with Crippen molar-refractivity contribution in [2.24, 2.45) is 7.05 Å². The molecule has 0 aliphatic rings. The number of carbonyl (C=O) groups is 2. The number of benzene rings is 1. The molecule has 0 atom stereocenters. The largest absolute Gasteiger partial charge is 0.469 e. The molecule has 0 unspecified atom stereocenters. The van der Waals surface area contributed by atoms with Gasteiger partial charge in [-0.2, -0.15) is 0 Å². The highest BCUT2D eigenvalue weighted by molar-refractivity contribution is 6.31. The SMILES string of the molecule is COC(=O)CCn1c(CNC(=O)c2nc(Cl)c(N)nc2N)[n+](C)c2ccccc21. The Kier molecular flexibility index (Phi) is 5.83. The number of aromatic nitrogens is 4. The minimum Gasteiger partial charge on any atom is -0.469 e. The van der Waals surface area contributed by atoms with E-state index in [1.165, 1.54) is 7.11 Å². The normalized spacial score (nSPS) is 10.9. The number of methoxy groups -OCH3 is 1. The Morgan fingerprint density at radius 2 is 1.97 bits per heavy atom. The van der Waals surface area contributed by atoms with Gasteiger partial charge in [0.2, 0.25) is 0 Å². The van der Waals surface area contributed by atoms with E-state index in [2.05, 4.69) is 15.3 Å². The number of aryl methyl sites for hydroxylation is 2. The molecule has 2 aromatic heterocycles. The summed E-state index contributed by atoms with van der Waals surface area (Å²) in [5.74, 6) is -0.242. The maximum Gasteiger partial charge on any atom is 0.309 e. The number of amides is 1. The van der Waals surface area contributed by atoms with Crippen molar-refractivity contribution in [1.29, 1.82) is 0 Å². The number of nitrogens with one attached hydrogen (secondary N) is 1. The maximum atomic E-state index is 12.6. The fourth-order valence-corrected chi connectivity index (χ4v) is 3.18. The van der Waals surface area contributed by atoms with Crippen LogP contribution in [0.1, 0.15) is 22.7 Å². The first-order valence-corrected chi connectivity index (χ1v) is 9.11. The summed E-state index contributed by atoms with van der Waals surface area (Å²) in [5.41, 5.74) is 13.1. The van der Waals surface area contributed by atoms with Gasteiger partial charge in [-0.15, -0.1) is 0 Å². The van der Waals surface area contributed by atoms with Crippen LogP contribution in [-0.2, 0) is 29.7 Å². The summed E-state index contributed by atoms with van der Waals surface area (Å²) in [6, 6.07) is 7.73. The van der Waals surface area contributed by atoms with Crippen molar-refractivity contribution in [3.8, 4) is 0 Å². The molecule has 3 rings (SSSR count). The molecule has 0 aliphatic heterocycles. The molecule has 11 heteroatoms. The lowest BCUT2D eigenvalue weighted by Crippen LogP contribution is -2.38. The monoisotopic (exact) mass is 418 g/mol. The molecule has 0 aliphatic carbocycles. The van der Waals surface area contributed by atoms with E-state index in [1.807, 2.05) is 40.4 Å². The highest BCUT2D eigenvalue weighted by Crippen LogP contribution is 2.18. The van der Waals surface area contributed by atoms with Crippen molar-refractivity contribution in [3.05, 3.63) is 40.9 Å². The molecule has 0 fully saturated rings. The second-order valence-corrected chi connectivity index (χ2v) is 6.62. The zero-order valence-corrected chi connectivity index (χ0v) is 16.7. The molecule has 1 amide bonds. The summed E-state index contributed by atoms with van der Waals surface area (Å²) in [6.07, 6.45) is 0.197. The zero-order chi connectivity index (χ0) is 21.1. The summed E-state index contributed by atoms with van der Waals surface area (Å²) in [4.78, 5) is 31.9. The molecule has 0 radical (unpaired) electrons. The number of carbonyl (C=O) groups excluding carboxylic acids is 2. The number of rotatable bonds is 6. The zero-order valence-electron chi connectivity index (χ0n) is 16.0. The smallest absolute Gasteiger partial charge is 0.309 e. The number of imidazole rings is 1. The molecule has 2 heterocycles. The molecule has 10 nitrogen and oxygen atoms in total. The van der Waals surface area contributed by atoms with E-state index in [1.54, 1.807) is 0 Å². The van der Waals surface area contributed by atoms with Crippen molar-refractivity contribution < 1.29 is 18.9 Å². The highest BCUT2D eigenvalue weighted by Gasteiger charge is 2.24. The second-order valence-electron chi connectivity index (χ2n) is 6.26. The second kappa shape index (κ2) is 8.31. The van der Waals surface area contributed by atoms with Crippen LogP contribution in [0.3, 0.4) is 0 Å². The molecule has 5 N–H and O–H groups in total. The first-order chi connectivity index (χ1) is 13.8. The van der Waals surface area contributed by atoms with E-state index >= 15 is 0 Å². The van der Waals surface area contributed by atoms with Gasteiger partial charge in [0.05, 0.1) is 20.6 Å². The lowest BCUT2D eigenvalue weighted by molar-refractivity contribution is -0.654. The predicted molar refractivity (Wildman–Crippen MR) is 107 cm³/mol. The molecule has 0 saturated carbocycles. The number of fused-ring (bicyclic) bond motifs is 1. The van der Waals surface area contributed by atoms with Crippen LogP contribution in [0, 0.1) is 0 Å². The number of hydrogen-bond acceptors (Lipinski definition) is 7. The van der Waals surface area contributed by atoms with Gasteiger partial charge < -0.3 is 21.5 Å². The molecule has 0 spiro atoms. The predicted octanol–water partition coefficient (Wildman–Crippen LogP) is 0.567. The van der Waals surface area contributed by atoms with Gasteiger partial charge in [0.15, 0.2) is 33.5 Å². The molecule has 0 bridgehead atoms. The quantitative estimate of drug-likeness (QED) is 0.392. The first-order valence-electron chi connectivity index (χ1n) is 8.73. The van der Waals surface area contributed by atoms with Crippen molar-refractivity contribution in [2.45, 2.75) is 19.5 Å². The Balaban J connectivity index is 1.89. The molecule has 0 saturated heterocycles. The van der Waals surface area contributed by atoms with Crippen LogP contribution in [0.4, 0.5) is 11.6 Å². The van der Waals surface area contributed by atoms with Gasteiger partial charge in [-0.1, -0.05) is 23.7 Å². The Bertz CT molecular complexity index is 1100. The van der Waals surface area contributed by atoms with Crippen molar-refractivity contribution >= 4 is 46.1 Å². The molecular weight excluding hydrogens is 398 g/mol. The standard InChI is InChI=1S/C18H20ClN7O3/c1-25-10-5-3-4-6-11(10)26(8-7-13(27)29-2)12(25)9-22-18(28)14-16(20)24-17(21)15(19)23-14/h3-6H,7-9H2,1-2H3,(H4-,20,21,22,24,28)/p+1. The molecular formula is C18H21ClN7O3+. The van der Waals surface area contributed by atoms with Gasteiger partial charge in [0.1, 0.15) is 13.1 Å². The Morgan fingerprint density at radius 1 is 1.24 bits per heavy atom. The third kappa shape index (κ3) is 4.06.